The second-order valence-electron chi connectivity index (χ2n) is 4.90. The Balaban J connectivity index is 2.41. The van der Waals surface area contributed by atoms with E-state index in [2.05, 4.69) is 29.5 Å². The Morgan fingerprint density at radius 2 is 1.80 bits per heavy atom. The zero-order valence-electron chi connectivity index (χ0n) is 12.3. The Morgan fingerprint density at radius 3 is 2.40 bits per heavy atom. The maximum absolute atomic E-state index is 6.11. The first kappa shape index (κ1) is 17.3. The van der Waals surface area contributed by atoms with Crippen molar-refractivity contribution < 1.29 is 4.74 Å². The molecule has 0 aliphatic rings. The molecular formula is C14H23Cl2N3O. The highest BCUT2D eigenvalue weighted by Crippen LogP contribution is 2.28. The van der Waals surface area contributed by atoms with Crippen LogP contribution in [0.4, 0.5) is 11.6 Å². The molecule has 0 amide bonds. The highest BCUT2D eigenvalue weighted by Gasteiger charge is 2.08. The van der Waals surface area contributed by atoms with Crippen LogP contribution in [0.2, 0.25) is 10.0 Å². The van der Waals surface area contributed by atoms with Crippen LogP contribution in [-0.2, 0) is 4.74 Å². The van der Waals surface area contributed by atoms with Crippen LogP contribution >= 0.6 is 23.2 Å². The summed E-state index contributed by atoms with van der Waals surface area (Å²) >= 11 is 12.2. The van der Waals surface area contributed by atoms with Gasteiger partial charge in [-0.25, -0.2) is 4.98 Å². The molecule has 0 fully saturated rings. The summed E-state index contributed by atoms with van der Waals surface area (Å²) in [6.45, 7) is 9.18. The summed E-state index contributed by atoms with van der Waals surface area (Å²) in [5.74, 6) is 1.93. The average molecular weight is 320 g/mol. The number of nitrogens with zero attached hydrogens (tertiary/aromatic N) is 1. The molecular weight excluding hydrogens is 297 g/mol. The van der Waals surface area contributed by atoms with Crippen molar-refractivity contribution in [1.82, 2.24) is 4.98 Å². The van der Waals surface area contributed by atoms with Gasteiger partial charge in [-0.15, -0.1) is 0 Å². The molecule has 114 valence electrons. The van der Waals surface area contributed by atoms with Crippen LogP contribution in [0.15, 0.2) is 6.07 Å². The maximum Gasteiger partial charge on any atom is 0.147 e. The molecule has 6 heteroatoms. The summed E-state index contributed by atoms with van der Waals surface area (Å²) in [5.41, 5.74) is 0. The van der Waals surface area contributed by atoms with E-state index >= 15 is 0 Å². The molecule has 1 rings (SSSR count). The summed E-state index contributed by atoms with van der Waals surface area (Å²) in [4.78, 5) is 4.37. The minimum Gasteiger partial charge on any atom is -0.380 e. The highest BCUT2D eigenvalue weighted by atomic mass is 35.5. The molecule has 0 aliphatic carbocycles. The summed E-state index contributed by atoms with van der Waals surface area (Å²) in [6, 6.07) is 1.69. The third-order valence-electron chi connectivity index (χ3n) is 2.65. The molecule has 1 aromatic rings. The van der Waals surface area contributed by atoms with Crippen LogP contribution in [0.1, 0.15) is 27.2 Å². The molecule has 0 aromatic carbocycles. The number of nitrogens with one attached hydrogen (secondary N) is 2. The van der Waals surface area contributed by atoms with Crippen LogP contribution < -0.4 is 10.6 Å². The molecule has 0 bridgehead atoms. The van der Waals surface area contributed by atoms with E-state index in [1.165, 1.54) is 0 Å². The van der Waals surface area contributed by atoms with Crippen molar-refractivity contribution in [3.8, 4) is 0 Å². The number of anilines is 2. The Labute approximate surface area is 131 Å². The third kappa shape index (κ3) is 6.16. The lowest BCUT2D eigenvalue weighted by atomic mass is 10.1. The van der Waals surface area contributed by atoms with E-state index < -0.39 is 0 Å². The van der Waals surface area contributed by atoms with Crippen molar-refractivity contribution in [3.63, 3.8) is 0 Å². The highest BCUT2D eigenvalue weighted by molar-refractivity contribution is 6.37. The molecule has 20 heavy (non-hydrogen) atoms. The lowest BCUT2D eigenvalue weighted by molar-refractivity contribution is 0.132. The van der Waals surface area contributed by atoms with Crippen molar-refractivity contribution in [1.29, 1.82) is 0 Å². The Bertz CT molecular complexity index is 414. The van der Waals surface area contributed by atoms with Gasteiger partial charge in [0.05, 0.1) is 16.7 Å². The van der Waals surface area contributed by atoms with E-state index in [-0.39, 0.29) is 0 Å². The fourth-order valence-electron chi connectivity index (χ4n) is 1.54. The van der Waals surface area contributed by atoms with Gasteiger partial charge < -0.3 is 15.4 Å². The van der Waals surface area contributed by atoms with Crippen molar-refractivity contribution in [2.45, 2.75) is 27.2 Å². The molecule has 0 aliphatic heterocycles. The predicted molar refractivity (Wildman–Crippen MR) is 87.2 cm³/mol. The van der Waals surface area contributed by atoms with Gasteiger partial charge in [-0.2, -0.15) is 0 Å². The minimum atomic E-state index is 0.513. The molecule has 1 aromatic heterocycles. The van der Waals surface area contributed by atoms with Gasteiger partial charge in [-0.3, -0.25) is 0 Å². The van der Waals surface area contributed by atoms with Gasteiger partial charge in [0.1, 0.15) is 11.6 Å². The van der Waals surface area contributed by atoms with Crippen LogP contribution in [0, 0.1) is 5.92 Å². The number of rotatable bonds is 9. The zero-order valence-corrected chi connectivity index (χ0v) is 13.8. The number of pyridine rings is 1. The monoisotopic (exact) mass is 319 g/mol. The molecule has 1 heterocycles. The molecule has 0 unspecified atom stereocenters. The smallest absolute Gasteiger partial charge is 0.147 e. The number of ether oxygens (including phenoxy) is 1. The normalized spacial score (nSPS) is 10.9. The van der Waals surface area contributed by atoms with Crippen LogP contribution in [0.25, 0.3) is 0 Å². The van der Waals surface area contributed by atoms with Gasteiger partial charge in [0.25, 0.3) is 0 Å². The van der Waals surface area contributed by atoms with Gasteiger partial charge in [0.2, 0.25) is 0 Å². The number of aromatic nitrogens is 1. The SMILES string of the molecule is CCNc1nc(NCCOCCC(C)C)c(Cl)cc1Cl. The van der Waals surface area contributed by atoms with Crippen LogP contribution in [-0.4, -0.2) is 31.3 Å². The molecule has 4 nitrogen and oxygen atoms in total. The summed E-state index contributed by atoms with van der Waals surface area (Å²) in [6.07, 6.45) is 1.07. The molecule has 0 saturated heterocycles. The number of halogens is 2. The van der Waals surface area contributed by atoms with Gasteiger partial charge in [-0.05, 0) is 25.3 Å². The lowest BCUT2D eigenvalue weighted by Gasteiger charge is -2.12. The van der Waals surface area contributed by atoms with E-state index in [9.17, 15) is 0 Å². The Morgan fingerprint density at radius 1 is 1.15 bits per heavy atom. The van der Waals surface area contributed by atoms with E-state index in [1.54, 1.807) is 6.07 Å². The predicted octanol–water partition coefficient (Wildman–Crippen LogP) is 4.29. The van der Waals surface area contributed by atoms with Crippen molar-refractivity contribution in [2.75, 3.05) is 36.9 Å². The average Bonchev–Trinajstić information content (AvgIpc) is 2.38. The molecule has 0 radical (unpaired) electrons. The van der Waals surface area contributed by atoms with Crippen molar-refractivity contribution in [2.24, 2.45) is 5.92 Å². The Kier molecular flexibility index (Phi) is 8.04. The first-order chi connectivity index (χ1) is 9.54. The lowest BCUT2D eigenvalue weighted by Crippen LogP contribution is -2.13. The summed E-state index contributed by atoms with van der Waals surface area (Å²) < 4.78 is 5.53. The molecule has 0 spiro atoms. The van der Waals surface area contributed by atoms with E-state index in [0.717, 1.165) is 19.6 Å². The molecule has 0 saturated carbocycles. The summed E-state index contributed by atoms with van der Waals surface area (Å²) in [5, 5.41) is 7.29. The van der Waals surface area contributed by atoms with Gasteiger partial charge in [0.15, 0.2) is 0 Å². The largest absolute Gasteiger partial charge is 0.380 e. The first-order valence-corrected chi connectivity index (χ1v) is 7.71. The van der Waals surface area contributed by atoms with E-state index in [4.69, 9.17) is 27.9 Å². The molecule has 0 atom stereocenters. The maximum atomic E-state index is 6.11. The van der Waals surface area contributed by atoms with Gasteiger partial charge in [-0.1, -0.05) is 37.0 Å². The fraction of sp³-hybridized carbons (Fsp3) is 0.643. The standard InChI is InChI=1S/C14H23Cl2N3O/c1-4-17-13-11(15)9-12(16)14(19-13)18-6-8-20-7-5-10(2)3/h9-10H,4-8H2,1-3H3,(H2,17,18,19). The molecule has 2 N–H and O–H groups in total. The van der Waals surface area contributed by atoms with Gasteiger partial charge >= 0.3 is 0 Å². The Hall–Kier alpha value is -0.710. The van der Waals surface area contributed by atoms with Crippen molar-refractivity contribution >= 4 is 34.8 Å². The van der Waals surface area contributed by atoms with Crippen LogP contribution in [0.5, 0.6) is 0 Å². The fourth-order valence-corrected chi connectivity index (χ4v) is 2.04. The van der Waals surface area contributed by atoms with Gasteiger partial charge in [0, 0.05) is 19.7 Å². The van der Waals surface area contributed by atoms with Crippen molar-refractivity contribution in [3.05, 3.63) is 16.1 Å². The van der Waals surface area contributed by atoms with E-state index in [0.29, 0.717) is 40.8 Å². The second kappa shape index (κ2) is 9.27. The van der Waals surface area contributed by atoms with E-state index in [1.807, 2.05) is 6.92 Å². The number of hydrogen-bond donors (Lipinski definition) is 2. The zero-order chi connectivity index (χ0) is 15.0. The topological polar surface area (TPSA) is 46.2 Å². The first-order valence-electron chi connectivity index (χ1n) is 6.96. The van der Waals surface area contributed by atoms with Crippen LogP contribution in [0.3, 0.4) is 0 Å². The minimum absolute atomic E-state index is 0.513. The second-order valence-corrected chi connectivity index (χ2v) is 5.72. The summed E-state index contributed by atoms with van der Waals surface area (Å²) in [7, 11) is 0. The quantitative estimate of drug-likeness (QED) is 0.666. The number of hydrogen-bond acceptors (Lipinski definition) is 4. The third-order valence-corrected chi connectivity index (χ3v) is 3.23.